The second-order valence-corrected chi connectivity index (χ2v) is 6.31. The van der Waals surface area contributed by atoms with Gasteiger partial charge < -0.3 is 14.7 Å². The molecule has 1 aliphatic rings. The molecule has 1 aliphatic heterocycles. The van der Waals surface area contributed by atoms with Crippen LogP contribution in [0.1, 0.15) is 24.0 Å². The molecule has 0 unspecified atom stereocenters. The zero-order chi connectivity index (χ0) is 17.0. The number of likely N-dealkylation sites (tertiary alicyclic amines) is 1. The van der Waals surface area contributed by atoms with Crippen LogP contribution in [-0.4, -0.2) is 34.2 Å². The van der Waals surface area contributed by atoms with Gasteiger partial charge in [-0.3, -0.25) is 0 Å². The van der Waals surface area contributed by atoms with Gasteiger partial charge in [-0.2, -0.15) is 0 Å². The molecule has 0 bridgehead atoms. The molecule has 1 fully saturated rings. The first kappa shape index (κ1) is 16.7. The number of rotatable bonds is 3. The molecular formula is C18H19ClN2O3. The number of ether oxygens (including phenoxy) is 1. The Hall–Kier alpha value is -2.11. The van der Waals surface area contributed by atoms with Gasteiger partial charge in [0.25, 0.3) is 0 Å². The number of aromatic nitrogens is 1. The molecule has 2 aromatic rings. The summed E-state index contributed by atoms with van der Waals surface area (Å²) in [6.07, 6.45) is 2.10. The molecular weight excluding hydrogens is 328 g/mol. The minimum absolute atomic E-state index is 0.250. The first-order valence-electron chi connectivity index (χ1n) is 7.87. The molecule has 0 atom stereocenters. The Bertz CT molecular complexity index is 700. The monoisotopic (exact) mass is 346 g/mol. The lowest BCUT2D eigenvalue weighted by Crippen LogP contribution is -2.45. The van der Waals surface area contributed by atoms with Crippen LogP contribution in [0.15, 0.2) is 48.7 Å². The third-order valence-electron chi connectivity index (χ3n) is 4.32. The van der Waals surface area contributed by atoms with Crippen molar-refractivity contribution in [1.29, 1.82) is 0 Å². The number of carbonyl (C=O) groups is 1. The summed E-state index contributed by atoms with van der Waals surface area (Å²) in [5.74, 6) is 0. The van der Waals surface area contributed by atoms with Crippen molar-refractivity contribution < 1.29 is 14.6 Å². The summed E-state index contributed by atoms with van der Waals surface area (Å²) < 4.78 is 5.33. The molecule has 0 saturated carbocycles. The quantitative estimate of drug-likeness (QED) is 0.866. The molecule has 1 saturated heterocycles. The standard InChI is InChI=1S/C18H19ClN2O3/c19-16-12-15(6-9-20-16)18(23)7-10-21(11-8-18)17(22)24-13-14-4-2-1-3-5-14/h1-6,9,12,23H,7-8,10-11,13H2. The smallest absolute Gasteiger partial charge is 0.410 e. The van der Waals surface area contributed by atoms with Crippen molar-refractivity contribution in [3.63, 3.8) is 0 Å². The Morgan fingerprint density at radius 2 is 1.96 bits per heavy atom. The number of carbonyl (C=O) groups excluding carboxylic acids is 1. The van der Waals surface area contributed by atoms with Crippen LogP contribution in [0, 0.1) is 0 Å². The zero-order valence-electron chi connectivity index (χ0n) is 13.2. The van der Waals surface area contributed by atoms with Gasteiger partial charge in [-0.1, -0.05) is 41.9 Å². The number of hydrogen-bond donors (Lipinski definition) is 1. The lowest BCUT2D eigenvalue weighted by molar-refractivity contribution is -0.0255. The average molecular weight is 347 g/mol. The van der Waals surface area contributed by atoms with Crippen molar-refractivity contribution in [2.45, 2.75) is 25.0 Å². The van der Waals surface area contributed by atoms with Gasteiger partial charge in [0.15, 0.2) is 0 Å². The van der Waals surface area contributed by atoms with Crippen LogP contribution < -0.4 is 0 Å². The molecule has 0 aliphatic carbocycles. The van der Waals surface area contributed by atoms with Crippen LogP contribution >= 0.6 is 11.6 Å². The lowest BCUT2D eigenvalue weighted by Gasteiger charge is -2.38. The fourth-order valence-corrected chi connectivity index (χ4v) is 3.02. The Balaban J connectivity index is 1.55. The van der Waals surface area contributed by atoms with Crippen molar-refractivity contribution in [3.8, 4) is 0 Å². The van der Waals surface area contributed by atoms with Crippen LogP contribution in [0.3, 0.4) is 0 Å². The van der Waals surface area contributed by atoms with Crippen LogP contribution in [-0.2, 0) is 16.9 Å². The van der Waals surface area contributed by atoms with Gasteiger partial charge in [-0.05, 0) is 36.1 Å². The highest BCUT2D eigenvalue weighted by molar-refractivity contribution is 6.29. The summed E-state index contributed by atoms with van der Waals surface area (Å²) in [6, 6.07) is 13.0. The number of aliphatic hydroxyl groups is 1. The maximum absolute atomic E-state index is 12.2. The highest BCUT2D eigenvalue weighted by Gasteiger charge is 2.36. The van der Waals surface area contributed by atoms with Gasteiger partial charge >= 0.3 is 6.09 Å². The highest BCUT2D eigenvalue weighted by Crippen LogP contribution is 2.33. The molecule has 1 aromatic heterocycles. The van der Waals surface area contributed by atoms with Crippen molar-refractivity contribution in [1.82, 2.24) is 9.88 Å². The van der Waals surface area contributed by atoms with Crippen LogP contribution in [0.25, 0.3) is 0 Å². The molecule has 1 aromatic carbocycles. The first-order chi connectivity index (χ1) is 11.6. The Kier molecular flexibility index (Phi) is 5.02. The number of halogens is 1. The average Bonchev–Trinajstić information content (AvgIpc) is 2.61. The van der Waals surface area contributed by atoms with E-state index in [0.29, 0.717) is 31.1 Å². The Morgan fingerprint density at radius 3 is 2.62 bits per heavy atom. The van der Waals surface area contributed by atoms with E-state index in [9.17, 15) is 9.90 Å². The van der Waals surface area contributed by atoms with E-state index in [1.807, 2.05) is 30.3 Å². The van der Waals surface area contributed by atoms with E-state index in [4.69, 9.17) is 16.3 Å². The van der Waals surface area contributed by atoms with E-state index < -0.39 is 5.60 Å². The minimum atomic E-state index is -0.983. The van der Waals surface area contributed by atoms with Crippen LogP contribution in [0.5, 0.6) is 0 Å². The molecule has 1 amide bonds. The van der Waals surface area contributed by atoms with Crippen molar-refractivity contribution in [2.75, 3.05) is 13.1 Å². The van der Waals surface area contributed by atoms with Crippen LogP contribution in [0.2, 0.25) is 5.15 Å². The molecule has 3 rings (SSSR count). The van der Waals surface area contributed by atoms with Crippen molar-refractivity contribution in [2.24, 2.45) is 0 Å². The predicted octanol–water partition coefficient (Wildman–Crippen LogP) is 3.36. The molecule has 2 heterocycles. The number of benzene rings is 1. The fraction of sp³-hybridized carbons (Fsp3) is 0.333. The summed E-state index contributed by atoms with van der Waals surface area (Å²) >= 11 is 5.90. The molecule has 6 heteroatoms. The number of nitrogens with zero attached hydrogens (tertiary/aromatic N) is 2. The van der Waals surface area contributed by atoms with E-state index in [-0.39, 0.29) is 12.7 Å². The minimum Gasteiger partial charge on any atom is -0.445 e. The van der Waals surface area contributed by atoms with Crippen molar-refractivity contribution in [3.05, 3.63) is 64.9 Å². The van der Waals surface area contributed by atoms with Gasteiger partial charge in [0.05, 0.1) is 5.60 Å². The third kappa shape index (κ3) is 3.86. The Labute approximate surface area is 145 Å². The molecule has 1 N–H and O–H groups in total. The molecule has 24 heavy (non-hydrogen) atoms. The van der Waals surface area contributed by atoms with E-state index in [2.05, 4.69) is 4.98 Å². The predicted molar refractivity (Wildman–Crippen MR) is 90.6 cm³/mol. The SMILES string of the molecule is O=C(OCc1ccccc1)N1CCC(O)(c2ccnc(Cl)c2)CC1. The second-order valence-electron chi connectivity index (χ2n) is 5.93. The third-order valence-corrected chi connectivity index (χ3v) is 4.52. The molecule has 5 nitrogen and oxygen atoms in total. The van der Waals surface area contributed by atoms with Gasteiger partial charge in [0.1, 0.15) is 11.8 Å². The normalized spacial score (nSPS) is 16.7. The summed E-state index contributed by atoms with van der Waals surface area (Å²) in [4.78, 5) is 17.7. The van der Waals surface area contributed by atoms with Crippen LogP contribution in [0.4, 0.5) is 4.79 Å². The first-order valence-corrected chi connectivity index (χ1v) is 8.25. The maximum atomic E-state index is 12.2. The van der Waals surface area contributed by atoms with Gasteiger partial charge in [0.2, 0.25) is 0 Å². The number of piperidine rings is 1. The maximum Gasteiger partial charge on any atom is 0.410 e. The lowest BCUT2D eigenvalue weighted by atomic mass is 9.85. The fourth-order valence-electron chi connectivity index (χ4n) is 2.85. The second kappa shape index (κ2) is 7.20. The number of hydrogen-bond acceptors (Lipinski definition) is 4. The Morgan fingerprint density at radius 1 is 1.25 bits per heavy atom. The summed E-state index contributed by atoms with van der Waals surface area (Å²) in [6.45, 7) is 1.12. The number of pyridine rings is 1. The van der Waals surface area contributed by atoms with E-state index in [0.717, 1.165) is 11.1 Å². The molecule has 126 valence electrons. The summed E-state index contributed by atoms with van der Waals surface area (Å²) in [7, 11) is 0. The largest absolute Gasteiger partial charge is 0.445 e. The van der Waals surface area contributed by atoms with Gasteiger partial charge in [-0.25, -0.2) is 9.78 Å². The summed E-state index contributed by atoms with van der Waals surface area (Å²) in [5.41, 5.74) is 0.702. The summed E-state index contributed by atoms with van der Waals surface area (Å²) in [5, 5.41) is 11.2. The van der Waals surface area contributed by atoms with Gasteiger partial charge in [0, 0.05) is 19.3 Å². The number of amides is 1. The molecule has 0 radical (unpaired) electrons. The zero-order valence-corrected chi connectivity index (χ0v) is 13.9. The van der Waals surface area contributed by atoms with Gasteiger partial charge in [-0.15, -0.1) is 0 Å². The topological polar surface area (TPSA) is 62.7 Å². The van der Waals surface area contributed by atoms with E-state index in [1.165, 1.54) is 0 Å². The highest BCUT2D eigenvalue weighted by atomic mass is 35.5. The van der Waals surface area contributed by atoms with E-state index >= 15 is 0 Å². The molecule has 0 spiro atoms. The van der Waals surface area contributed by atoms with Crippen molar-refractivity contribution >= 4 is 17.7 Å². The van der Waals surface area contributed by atoms with E-state index in [1.54, 1.807) is 23.2 Å².